The number of hydrogen-bond acceptors (Lipinski definition) is 5. The molecular formula is C25H35N5O2. The lowest BCUT2D eigenvalue weighted by Crippen LogP contribution is -2.46. The molecule has 0 spiro atoms. The molecule has 4 rings (SSSR count). The fourth-order valence-corrected chi connectivity index (χ4v) is 5.47. The van der Waals surface area contributed by atoms with Crippen molar-refractivity contribution >= 4 is 17.4 Å². The molecule has 4 atom stereocenters. The fourth-order valence-electron chi connectivity index (χ4n) is 5.47. The third kappa shape index (κ3) is 4.31. The number of piperidine rings is 1. The molecule has 32 heavy (non-hydrogen) atoms. The second kappa shape index (κ2) is 9.45. The van der Waals surface area contributed by atoms with Crippen molar-refractivity contribution in [2.24, 2.45) is 5.73 Å². The summed E-state index contributed by atoms with van der Waals surface area (Å²) in [7, 11) is 0. The number of hydrogen-bond donors (Lipinski definition) is 3. The first-order chi connectivity index (χ1) is 15.4. The van der Waals surface area contributed by atoms with Gasteiger partial charge in [0, 0.05) is 23.8 Å². The van der Waals surface area contributed by atoms with Gasteiger partial charge in [0.15, 0.2) is 11.6 Å². The Bertz CT molecular complexity index is 974. The minimum Gasteiger partial charge on any atom is -0.437 e. The van der Waals surface area contributed by atoms with Crippen molar-refractivity contribution in [3.63, 3.8) is 0 Å². The molecule has 2 aliphatic heterocycles. The molecule has 1 amide bonds. The SMILES string of the molecule is CCCCC(c1cccc2c1CC(c1ncc(C(=N)N)o1)C(=O)N2)N1C(C)CCCC1C. The molecule has 1 aromatic carbocycles. The Kier molecular flexibility index (Phi) is 6.65. The number of benzene rings is 1. The highest BCUT2D eigenvalue weighted by atomic mass is 16.4. The maximum atomic E-state index is 12.9. The van der Waals surface area contributed by atoms with Crippen molar-refractivity contribution in [2.45, 2.75) is 89.8 Å². The van der Waals surface area contributed by atoms with Gasteiger partial charge in [-0.1, -0.05) is 38.3 Å². The maximum absolute atomic E-state index is 12.9. The predicted molar refractivity (Wildman–Crippen MR) is 126 cm³/mol. The van der Waals surface area contributed by atoms with Crippen LogP contribution in [0.5, 0.6) is 0 Å². The van der Waals surface area contributed by atoms with Crippen LogP contribution in [-0.2, 0) is 11.2 Å². The number of rotatable bonds is 7. The first kappa shape index (κ1) is 22.5. The van der Waals surface area contributed by atoms with Crippen LogP contribution < -0.4 is 11.1 Å². The van der Waals surface area contributed by atoms with E-state index in [2.05, 4.69) is 48.1 Å². The average Bonchev–Trinajstić information content (AvgIpc) is 3.25. The normalized spacial score (nSPS) is 24.6. The zero-order valence-corrected chi connectivity index (χ0v) is 19.4. The molecule has 2 aromatic rings. The van der Waals surface area contributed by atoms with Gasteiger partial charge in [-0.3, -0.25) is 15.1 Å². The molecule has 3 heterocycles. The van der Waals surface area contributed by atoms with Crippen LogP contribution in [0.25, 0.3) is 0 Å². The highest BCUT2D eigenvalue weighted by molar-refractivity contribution is 5.99. The summed E-state index contributed by atoms with van der Waals surface area (Å²) in [6.07, 6.45) is 9.13. The summed E-state index contributed by atoms with van der Waals surface area (Å²) in [5.41, 5.74) is 8.90. The van der Waals surface area contributed by atoms with Gasteiger partial charge < -0.3 is 15.5 Å². The van der Waals surface area contributed by atoms with Crippen molar-refractivity contribution < 1.29 is 9.21 Å². The summed E-state index contributed by atoms with van der Waals surface area (Å²) in [5, 5.41) is 10.7. The van der Waals surface area contributed by atoms with E-state index in [1.54, 1.807) is 0 Å². The molecule has 1 saturated heterocycles. The van der Waals surface area contributed by atoms with Crippen molar-refractivity contribution in [1.29, 1.82) is 5.41 Å². The molecule has 7 heteroatoms. The first-order valence-corrected chi connectivity index (χ1v) is 11.9. The van der Waals surface area contributed by atoms with Crippen LogP contribution in [0.1, 0.15) is 94.0 Å². The minimum absolute atomic E-state index is 0.128. The third-order valence-electron chi connectivity index (χ3n) is 7.09. The number of amides is 1. The van der Waals surface area contributed by atoms with E-state index in [-0.39, 0.29) is 17.5 Å². The fraction of sp³-hybridized carbons (Fsp3) is 0.560. The number of amidine groups is 1. The van der Waals surface area contributed by atoms with Gasteiger partial charge in [0.25, 0.3) is 0 Å². The quantitative estimate of drug-likeness (QED) is 0.429. The van der Waals surface area contributed by atoms with E-state index in [4.69, 9.17) is 15.6 Å². The van der Waals surface area contributed by atoms with Crippen molar-refractivity contribution in [3.05, 3.63) is 47.2 Å². The van der Waals surface area contributed by atoms with E-state index in [1.165, 1.54) is 43.0 Å². The maximum Gasteiger partial charge on any atom is 0.237 e. The van der Waals surface area contributed by atoms with Gasteiger partial charge in [-0.25, -0.2) is 4.98 Å². The van der Waals surface area contributed by atoms with Gasteiger partial charge in [0.2, 0.25) is 11.8 Å². The van der Waals surface area contributed by atoms with E-state index in [9.17, 15) is 4.79 Å². The van der Waals surface area contributed by atoms with Gasteiger partial charge in [-0.15, -0.1) is 0 Å². The molecule has 0 saturated carbocycles. The number of likely N-dealkylation sites (tertiary alicyclic amines) is 1. The van der Waals surface area contributed by atoms with Crippen LogP contribution in [0, 0.1) is 5.41 Å². The highest BCUT2D eigenvalue weighted by Crippen LogP contribution is 2.41. The van der Waals surface area contributed by atoms with Crippen LogP contribution in [0.15, 0.2) is 28.8 Å². The summed E-state index contributed by atoms with van der Waals surface area (Å²) < 4.78 is 5.65. The molecular weight excluding hydrogens is 402 g/mol. The molecule has 0 bridgehead atoms. The molecule has 7 nitrogen and oxygen atoms in total. The van der Waals surface area contributed by atoms with E-state index in [0.29, 0.717) is 30.4 Å². The zero-order chi connectivity index (χ0) is 22.8. The second-order valence-corrected chi connectivity index (χ2v) is 9.33. The van der Waals surface area contributed by atoms with Crippen LogP contribution in [0.4, 0.5) is 5.69 Å². The first-order valence-electron chi connectivity index (χ1n) is 11.9. The largest absolute Gasteiger partial charge is 0.437 e. The van der Waals surface area contributed by atoms with Gasteiger partial charge in [0.05, 0.1) is 6.20 Å². The van der Waals surface area contributed by atoms with Gasteiger partial charge in [0.1, 0.15) is 5.92 Å². The molecule has 2 aliphatic rings. The number of aromatic nitrogens is 1. The predicted octanol–water partition coefficient (Wildman–Crippen LogP) is 4.73. The number of nitrogens with two attached hydrogens (primary N) is 1. The number of unbranched alkanes of at least 4 members (excludes halogenated alkanes) is 1. The smallest absolute Gasteiger partial charge is 0.237 e. The number of fused-ring (bicyclic) bond motifs is 1. The van der Waals surface area contributed by atoms with Crippen molar-refractivity contribution in [2.75, 3.05) is 5.32 Å². The van der Waals surface area contributed by atoms with E-state index >= 15 is 0 Å². The zero-order valence-electron chi connectivity index (χ0n) is 19.4. The van der Waals surface area contributed by atoms with Gasteiger partial charge >= 0.3 is 0 Å². The number of oxazole rings is 1. The number of anilines is 1. The van der Waals surface area contributed by atoms with Crippen molar-refractivity contribution in [3.8, 4) is 0 Å². The Morgan fingerprint density at radius 2 is 2.09 bits per heavy atom. The number of nitrogens with zero attached hydrogens (tertiary/aromatic N) is 2. The highest BCUT2D eigenvalue weighted by Gasteiger charge is 2.37. The van der Waals surface area contributed by atoms with E-state index in [1.807, 2.05) is 6.07 Å². The molecule has 0 aliphatic carbocycles. The second-order valence-electron chi connectivity index (χ2n) is 9.33. The topological polar surface area (TPSA) is 108 Å². The molecule has 4 N–H and O–H groups in total. The van der Waals surface area contributed by atoms with Crippen LogP contribution >= 0.6 is 0 Å². The lowest BCUT2D eigenvalue weighted by Gasteiger charge is -2.45. The molecule has 172 valence electrons. The summed E-state index contributed by atoms with van der Waals surface area (Å²) in [4.78, 5) is 19.9. The van der Waals surface area contributed by atoms with Gasteiger partial charge in [-0.2, -0.15) is 0 Å². The van der Waals surface area contributed by atoms with E-state index in [0.717, 1.165) is 18.5 Å². The summed E-state index contributed by atoms with van der Waals surface area (Å²) in [6.45, 7) is 6.95. The lowest BCUT2D eigenvalue weighted by atomic mass is 9.83. The van der Waals surface area contributed by atoms with Crippen LogP contribution in [0.2, 0.25) is 0 Å². The standard InChI is InChI=1S/C25H35N5O2/c1-4-5-12-21(30-15(2)8-6-9-16(30)3)17-10-7-11-20-18(17)13-19(24(31)29-20)25-28-14-22(32-25)23(26)27/h7,10-11,14-16,19,21H,4-6,8-9,12-13H2,1-3H3,(H3,26,27)(H,29,31). The Morgan fingerprint density at radius 3 is 2.75 bits per heavy atom. The van der Waals surface area contributed by atoms with Crippen LogP contribution in [-0.4, -0.2) is 33.7 Å². The summed E-state index contributed by atoms with van der Waals surface area (Å²) in [6, 6.07) is 7.68. The third-order valence-corrected chi connectivity index (χ3v) is 7.09. The van der Waals surface area contributed by atoms with Crippen LogP contribution in [0.3, 0.4) is 0 Å². The molecule has 1 aromatic heterocycles. The number of carbonyl (C=O) groups excluding carboxylic acids is 1. The Morgan fingerprint density at radius 1 is 1.34 bits per heavy atom. The minimum atomic E-state index is -0.528. The molecule has 4 unspecified atom stereocenters. The molecule has 1 fully saturated rings. The van der Waals surface area contributed by atoms with E-state index < -0.39 is 5.92 Å². The Hall–Kier alpha value is -2.67. The number of nitrogens with one attached hydrogen (secondary N) is 2. The Balaban J connectivity index is 1.72. The summed E-state index contributed by atoms with van der Waals surface area (Å²) >= 11 is 0. The molecule has 0 radical (unpaired) electrons. The van der Waals surface area contributed by atoms with Crippen molar-refractivity contribution in [1.82, 2.24) is 9.88 Å². The monoisotopic (exact) mass is 437 g/mol. The lowest BCUT2D eigenvalue weighted by molar-refractivity contribution is -0.118. The Labute approximate surface area is 190 Å². The number of carbonyl (C=O) groups is 1. The summed E-state index contributed by atoms with van der Waals surface area (Å²) in [5.74, 6) is -0.327. The van der Waals surface area contributed by atoms with Gasteiger partial charge in [-0.05, 0) is 56.7 Å². The number of nitrogen functional groups attached to an aromatic ring is 1. The average molecular weight is 438 g/mol.